The molecular formula is C51H105NO5. The second-order valence-electron chi connectivity index (χ2n) is 17.5. The minimum atomic E-state index is -0.250. The molecule has 1 atom stereocenters. The molecule has 0 aliphatic carbocycles. The predicted molar refractivity (Wildman–Crippen MR) is 251 cm³/mol. The fourth-order valence-electron chi connectivity index (χ4n) is 8.02. The fourth-order valence-corrected chi connectivity index (χ4v) is 8.02. The maximum atomic E-state index is 10.1. The monoisotopic (exact) mass is 812 g/mol. The molecule has 0 aromatic rings. The van der Waals surface area contributed by atoms with E-state index in [1.165, 1.54) is 225 Å². The molecule has 1 N–H and O–H groups in total. The van der Waals surface area contributed by atoms with Gasteiger partial charge < -0.3 is 19.5 Å². The van der Waals surface area contributed by atoms with Crippen LogP contribution in [0.3, 0.4) is 0 Å². The SMILES string of the molecule is CCCCCC(CCCCC)CCOC=O.CCCCCCCCCC(CCCCCCCCCCC(CCCCC)CCCCC)OCCCN(C)C.O=CO. The number of unbranched alkanes of at least 4 members (excludes halogenated alkanes) is 21. The quantitative estimate of drug-likeness (QED) is 0.0488. The summed E-state index contributed by atoms with van der Waals surface area (Å²) in [6.45, 7) is 14.5. The van der Waals surface area contributed by atoms with Crippen LogP contribution in [0.2, 0.25) is 0 Å². The summed E-state index contributed by atoms with van der Waals surface area (Å²) in [6, 6.07) is 0. The zero-order chi connectivity index (χ0) is 42.7. The Bertz CT molecular complexity index is 700. The second-order valence-corrected chi connectivity index (χ2v) is 17.5. The smallest absolute Gasteiger partial charge is 0.293 e. The summed E-state index contributed by atoms with van der Waals surface area (Å²) in [5, 5.41) is 6.89. The average molecular weight is 812 g/mol. The van der Waals surface area contributed by atoms with Crippen molar-refractivity contribution in [1.29, 1.82) is 0 Å². The molecule has 0 saturated heterocycles. The van der Waals surface area contributed by atoms with Crippen molar-refractivity contribution in [2.24, 2.45) is 11.8 Å². The zero-order valence-corrected chi connectivity index (χ0v) is 40.0. The first-order valence-electron chi connectivity index (χ1n) is 25.3. The molecule has 1 unspecified atom stereocenters. The zero-order valence-electron chi connectivity index (χ0n) is 40.0. The van der Waals surface area contributed by atoms with E-state index in [-0.39, 0.29) is 6.47 Å². The van der Waals surface area contributed by atoms with E-state index in [0.29, 0.717) is 19.2 Å². The minimum absolute atomic E-state index is 0.250. The van der Waals surface area contributed by atoms with Crippen LogP contribution in [0.4, 0.5) is 0 Å². The molecule has 0 radical (unpaired) electrons. The Morgan fingerprint density at radius 3 is 1.07 bits per heavy atom. The molecule has 0 rings (SSSR count). The number of hydrogen-bond acceptors (Lipinski definition) is 5. The Labute approximate surface area is 358 Å². The second kappa shape index (κ2) is 54.9. The van der Waals surface area contributed by atoms with Crippen LogP contribution >= 0.6 is 0 Å². The maximum Gasteiger partial charge on any atom is 0.293 e. The van der Waals surface area contributed by atoms with Gasteiger partial charge in [0, 0.05) is 6.61 Å². The Balaban J connectivity index is -0.00000127. The van der Waals surface area contributed by atoms with Crippen molar-refractivity contribution in [3.05, 3.63) is 0 Å². The van der Waals surface area contributed by atoms with E-state index in [4.69, 9.17) is 19.4 Å². The van der Waals surface area contributed by atoms with Crippen LogP contribution in [0.5, 0.6) is 0 Å². The lowest BCUT2D eigenvalue weighted by Gasteiger charge is -2.19. The summed E-state index contributed by atoms with van der Waals surface area (Å²) >= 11 is 0. The third kappa shape index (κ3) is 54.9. The van der Waals surface area contributed by atoms with Crippen molar-refractivity contribution >= 4 is 12.9 Å². The number of hydrogen-bond donors (Lipinski definition) is 1. The van der Waals surface area contributed by atoms with E-state index in [1.807, 2.05) is 0 Å². The van der Waals surface area contributed by atoms with Crippen molar-refractivity contribution in [3.8, 4) is 0 Å². The molecule has 0 heterocycles. The highest BCUT2D eigenvalue weighted by atomic mass is 16.5. The molecule has 0 amide bonds. The fraction of sp³-hybridized carbons (Fsp3) is 0.961. The van der Waals surface area contributed by atoms with Crippen LogP contribution in [0.1, 0.15) is 266 Å². The highest BCUT2D eigenvalue weighted by Gasteiger charge is 2.11. The van der Waals surface area contributed by atoms with Crippen LogP contribution < -0.4 is 0 Å². The summed E-state index contributed by atoms with van der Waals surface area (Å²) in [5.74, 6) is 1.78. The molecular weight excluding hydrogens is 707 g/mol. The van der Waals surface area contributed by atoms with Crippen LogP contribution in [0, 0.1) is 11.8 Å². The molecule has 0 spiro atoms. The van der Waals surface area contributed by atoms with Crippen molar-refractivity contribution < 1.29 is 24.2 Å². The van der Waals surface area contributed by atoms with E-state index in [9.17, 15) is 4.79 Å². The number of carbonyl (C=O) groups excluding carboxylic acids is 1. The number of rotatable bonds is 44. The maximum absolute atomic E-state index is 10.1. The molecule has 0 aliphatic heterocycles. The first-order chi connectivity index (χ1) is 27.9. The van der Waals surface area contributed by atoms with E-state index in [2.05, 4.69) is 53.6 Å². The van der Waals surface area contributed by atoms with Gasteiger partial charge in [0.15, 0.2) is 0 Å². The average Bonchev–Trinajstić information content (AvgIpc) is 3.20. The molecule has 57 heavy (non-hydrogen) atoms. The number of ether oxygens (including phenoxy) is 2. The van der Waals surface area contributed by atoms with Crippen molar-refractivity contribution in [3.63, 3.8) is 0 Å². The van der Waals surface area contributed by atoms with Gasteiger partial charge in [0.2, 0.25) is 0 Å². The van der Waals surface area contributed by atoms with Gasteiger partial charge in [-0.25, -0.2) is 0 Å². The van der Waals surface area contributed by atoms with Crippen molar-refractivity contribution in [2.45, 2.75) is 272 Å². The highest BCUT2D eigenvalue weighted by Crippen LogP contribution is 2.25. The number of carbonyl (C=O) groups is 2. The van der Waals surface area contributed by atoms with Crippen LogP contribution in [-0.2, 0) is 19.1 Å². The van der Waals surface area contributed by atoms with Gasteiger partial charge in [0.05, 0.1) is 12.7 Å². The van der Waals surface area contributed by atoms with Crippen molar-refractivity contribution in [1.82, 2.24) is 4.90 Å². The molecule has 6 nitrogen and oxygen atoms in total. The molecule has 0 aliphatic rings. The lowest BCUT2D eigenvalue weighted by Crippen LogP contribution is -2.18. The third-order valence-corrected chi connectivity index (χ3v) is 11.7. The van der Waals surface area contributed by atoms with Crippen LogP contribution in [-0.4, -0.2) is 62.9 Å². The molecule has 0 saturated carbocycles. The Hall–Kier alpha value is -1.14. The van der Waals surface area contributed by atoms with Gasteiger partial charge in [-0.3, -0.25) is 9.59 Å². The standard InChI is InChI=1S/C36H75NO.C14H28O2.CH2O2/c1-6-9-12-13-16-20-25-31-36(38-34-27-33-37(4)5)32-26-21-18-15-14-17-19-24-30-35(28-22-10-7-2)29-23-11-8-3;1-3-5-7-9-14(10-8-6-4-2)11-12-16-13-15;2-1-3/h35-36H,6-34H2,1-5H3;13-14H,3-12H2,1-2H3;1H,(H,2,3). The summed E-state index contributed by atoms with van der Waals surface area (Å²) in [7, 11) is 4.33. The molecule has 0 fully saturated rings. The largest absolute Gasteiger partial charge is 0.483 e. The number of nitrogens with zero attached hydrogens (tertiary/aromatic N) is 1. The van der Waals surface area contributed by atoms with Gasteiger partial charge in [-0.15, -0.1) is 0 Å². The van der Waals surface area contributed by atoms with Gasteiger partial charge >= 0.3 is 0 Å². The van der Waals surface area contributed by atoms with Gasteiger partial charge in [-0.05, 0) is 58.2 Å². The lowest BCUT2D eigenvalue weighted by atomic mass is 9.90. The van der Waals surface area contributed by atoms with Crippen molar-refractivity contribution in [2.75, 3.05) is 33.9 Å². The Kier molecular flexibility index (Phi) is 57.9. The molecule has 344 valence electrons. The molecule has 0 aromatic carbocycles. The summed E-state index contributed by atoms with van der Waals surface area (Å²) in [6.07, 6.45) is 50.2. The highest BCUT2D eigenvalue weighted by molar-refractivity contribution is 5.36. The Morgan fingerprint density at radius 2 is 0.719 bits per heavy atom. The van der Waals surface area contributed by atoms with Crippen LogP contribution in [0.15, 0.2) is 0 Å². The van der Waals surface area contributed by atoms with E-state index in [0.717, 1.165) is 31.4 Å². The first-order valence-corrected chi connectivity index (χ1v) is 25.3. The summed E-state index contributed by atoms with van der Waals surface area (Å²) in [4.78, 5) is 20.7. The predicted octanol–water partition coefficient (Wildman–Crippen LogP) is 16.2. The molecule has 0 bridgehead atoms. The lowest BCUT2D eigenvalue weighted by molar-refractivity contribution is -0.129. The van der Waals surface area contributed by atoms with Gasteiger partial charge in [-0.2, -0.15) is 0 Å². The topological polar surface area (TPSA) is 76.1 Å². The van der Waals surface area contributed by atoms with Gasteiger partial charge in [0.1, 0.15) is 0 Å². The Morgan fingerprint density at radius 1 is 0.421 bits per heavy atom. The van der Waals surface area contributed by atoms with E-state index in [1.54, 1.807) is 0 Å². The van der Waals surface area contributed by atoms with Crippen LogP contribution in [0.25, 0.3) is 0 Å². The van der Waals surface area contributed by atoms with E-state index >= 15 is 0 Å². The van der Waals surface area contributed by atoms with E-state index < -0.39 is 0 Å². The molecule has 0 aromatic heterocycles. The summed E-state index contributed by atoms with van der Waals surface area (Å²) in [5.41, 5.74) is 0. The minimum Gasteiger partial charge on any atom is -0.483 e. The van der Waals surface area contributed by atoms with Gasteiger partial charge in [0.25, 0.3) is 12.9 Å². The normalized spacial score (nSPS) is 11.7. The first kappa shape index (κ1) is 60.2. The van der Waals surface area contributed by atoms with Gasteiger partial charge in [-0.1, -0.05) is 240 Å². The molecule has 6 heteroatoms. The third-order valence-electron chi connectivity index (χ3n) is 11.7. The summed E-state index contributed by atoms with van der Waals surface area (Å²) < 4.78 is 11.2. The number of carboxylic acid groups (broad SMARTS) is 1.